The molecule has 3 aliphatic rings. The minimum Gasteiger partial charge on any atom is -0.493 e. The Balaban J connectivity index is 0.000000190. The van der Waals surface area contributed by atoms with E-state index in [1.54, 1.807) is 18.2 Å². The molecule has 0 amide bonds. The fourth-order valence-electron chi connectivity index (χ4n) is 9.33. The van der Waals surface area contributed by atoms with Gasteiger partial charge >= 0.3 is 18.3 Å². The molecule has 0 saturated carbocycles. The highest BCUT2D eigenvalue weighted by atomic mass is 19.4. The number of methoxy groups -OCH3 is 1. The maximum Gasteiger partial charge on any atom is 0.437 e. The van der Waals surface area contributed by atoms with E-state index in [4.69, 9.17) is 28.0 Å². The van der Waals surface area contributed by atoms with Crippen molar-refractivity contribution in [1.29, 1.82) is 0 Å². The molecule has 1 N–H and O–H groups in total. The van der Waals surface area contributed by atoms with Crippen LogP contribution < -0.4 is 19.3 Å². The van der Waals surface area contributed by atoms with Crippen LogP contribution in [0.15, 0.2) is 69.7 Å². The molecule has 4 aromatic carbocycles. The van der Waals surface area contributed by atoms with Crippen molar-refractivity contribution >= 4 is 39.3 Å². The number of aliphatic hydroxyl groups is 1. The third kappa shape index (κ3) is 13.1. The lowest BCUT2D eigenvalue weighted by atomic mass is 9.99. The molecule has 0 aliphatic carbocycles. The minimum atomic E-state index is -4.57. The van der Waals surface area contributed by atoms with Crippen LogP contribution in [0.1, 0.15) is 115 Å². The van der Waals surface area contributed by atoms with Crippen LogP contribution in [0.25, 0.3) is 21.9 Å². The van der Waals surface area contributed by atoms with Crippen LogP contribution in [0.5, 0.6) is 11.5 Å². The fourth-order valence-corrected chi connectivity index (χ4v) is 9.33. The number of esters is 1. The van der Waals surface area contributed by atoms with Crippen LogP contribution in [0.3, 0.4) is 0 Å². The molecule has 0 unspecified atom stereocenters. The molecule has 5 heterocycles. The lowest BCUT2D eigenvalue weighted by molar-refractivity contribution is -0.142. The van der Waals surface area contributed by atoms with Crippen LogP contribution in [-0.4, -0.2) is 81.1 Å². The molecule has 2 aromatic heterocycles. The number of rotatable bonds is 16. The first kappa shape index (κ1) is 52.8. The van der Waals surface area contributed by atoms with Gasteiger partial charge in [-0.3, -0.25) is 0 Å². The number of fused-ring (bicyclic) bond motifs is 4. The van der Waals surface area contributed by atoms with Crippen LogP contribution in [-0.2, 0) is 54.1 Å². The zero-order valence-corrected chi connectivity index (χ0v) is 40.5. The quantitative estimate of drug-likeness (QED) is 0.0562. The first-order chi connectivity index (χ1) is 34.2. The zero-order valence-electron chi connectivity index (χ0n) is 40.5. The molecule has 71 heavy (non-hydrogen) atoms. The van der Waals surface area contributed by atoms with Gasteiger partial charge < -0.3 is 42.9 Å². The maximum atomic E-state index is 13.2. The van der Waals surface area contributed by atoms with Crippen LogP contribution in [0, 0.1) is 0 Å². The Hall–Kier alpha value is -6.01. The van der Waals surface area contributed by atoms with E-state index in [0.29, 0.717) is 54.2 Å². The number of halogens is 6. The summed E-state index contributed by atoms with van der Waals surface area (Å²) in [6.45, 7) is 10.3. The molecule has 3 aliphatic heterocycles. The maximum absolute atomic E-state index is 13.2. The molecule has 6 aromatic rings. The predicted octanol–water partition coefficient (Wildman–Crippen LogP) is 12.1. The van der Waals surface area contributed by atoms with Gasteiger partial charge in [0.25, 0.3) is 0 Å². The normalized spacial score (nSPS) is 14.6. The summed E-state index contributed by atoms with van der Waals surface area (Å²) in [5.41, 5.74) is 5.68. The molecular weight excluding hydrogens is 935 g/mol. The van der Waals surface area contributed by atoms with Crippen LogP contribution in [0.4, 0.5) is 37.7 Å². The van der Waals surface area contributed by atoms with E-state index in [9.17, 15) is 36.2 Å². The number of hydrogen-bond donors (Lipinski definition) is 1. The van der Waals surface area contributed by atoms with E-state index >= 15 is 0 Å². The van der Waals surface area contributed by atoms with Crippen molar-refractivity contribution in [2.45, 2.75) is 110 Å². The number of alkyl halides is 6. The zero-order chi connectivity index (χ0) is 50.5. The van der Waals surface area contributed by atoms with Gasteiger partial charge in [-0.15, -0.1) is 0 Å². The van der Waals surface area contributed by atoms with E-state index < -0.39 is 23.7 Å². The molecule has 18 heteroatoms. The van der Waals surface area contributed by atoms with E-state index in [-0.39, 0.29) is 34.5 Å². The van der Waals surface area contributed by atoms with Gasteiger partial charge in [0, 0.05) is 61.9 Å². The number of hydrogen-bond acceptors (Lipinski definition) is 12. The minimum absolute atomic E-state index is 0.0273. The van der Waals surface area contributed by atoms with Crippen molar-refractivity contribution in [2.75, 3.05) is 69.5 Å². The molecular formula is C53H62F6N4O8. The van der Waals surface area contributed by atoms with E-state index in [2.05, 4.69) is 32.2 Å². The number of carbonyl (C=O) groups excluding carboxylic acids is 1. The Kier molecular flexibility index (Phi) is 18.2. The molecule has 384 valence electrons. The molecule has 1 saturated heterocycles. The van der Waals surface area contributed by atoms with Crippen LogP contribution in [0.2, 0.25) is 0 Å². The van der Waals surface area contributed by atoms with Gasteiger partial charge in [-0.1, -0.05) is 49.1 Å². The number of ether oxygens (including phenoxy) is 4. The van der Waals surface area contributed by atoms with Crippen molar-refractivity contribution in [3.63, 3.8) is 0 Å². The van der Waals surface area contributed by atoms with Crippen molar-refractivity contribution in [2.24, 2.45) is 0 Å². The topological polar surface area (TPSA) is 133 Å². The number of aromatic nitrogens is 2. The summed E-state index contributed by atoms with van der Waals surface area (Å²) in [4.78, 5) is 16.4. The van der Waals surface area contributed by atoms with Gasteiger partial charge in [-0.25, -0.2) is 4.79 Å². The summed E-state index contributed by atoms with van der Waals surface area (Å²) < 4.78 is 111. The van der Waals surface area contributed by atoms with E-state index in [1.165, 1.54) is 43.3 Å². The van der Waals surface area contributed by atoms with Crippen molar-refractivity contribution in [3.8, 4) is 11.5 Å². The number of aliphatic hydroxyl groups excluding tert-OH is 1. The second-order valence-corrected chi connectivity index (χ2v) is 17.8. The largest absolute Gasteiger partial charge is 0.493 e. The second-order valence-electron chi connectivity index (χ2n) is 17.8. The average Bonchev–Trinajstić information content (AvgIpc) is 4.18. The Labute approximate surface area is 409 Å². The highest BCUT2D eigenvalue weighted by Gasteiger charge is 2.39. The summed E-state index contributed by atoms with van der Waals surface area (Å²) in [6, 6.07) is 17.6. The smallest absolute Gasteiger partial charge is 0.437 e. The average molecular weight is 997 g/mol. The number of nitrogens with zero attached hydrogens (tertiary/aromatic N) is 4. The number of benzene rings is 4. The van der Waals surface area contributed by atoms with Gasteiger partial charge in [0.1, 0.15) is 11.5 Å². The standard InChI is InChI=1S/C25H27F3N2O4.C24H27F3N2O3.C4H8O/c1-3-6-18-21(11-9-19-22(18)34-29-23(19)25(26,27)28)33-14-5-13-30-12-4-7-16-15-17(24(31)32-2)8-10-20(16)30;1-2-5-18-21(10-8-19-22(18)32-28-23(19)24(25,26)27)31-13-4-12-29-11-3-6-17-14-16(15-30)7-9-20(17)29;1-2-4-5-3-1/h8-11,15H,3-7,12-14H2,1-2H3;7-10,14,30H,2-6,11-13,15H2,1H3;1-4H2. The van der Waals surface area contributed by atoms with Gasteiger partial charge in [-0.2, -0.15) is 26.3 Å². The first-order valence-corrected chi connectivity index (χ1v) is 24.5. The SMILES string of the molecule is C1CCOC1.CCCc1c(OCCCN2CCCc3cc(C(=O)OC)ccc32)ccc2c(C(F)(F)F)noc12.CCCc1c(OCCCN2CCCc3cc(CO)ccc32)ccc2c(C(F)(F)F)noc12. The number of carbonyl (C=O) groups is 1. The van der Waals surface area contributed by atoms with E-state index in [1.807, 2.05) is 32.0 Å². The lowest BCUT2D eigenvalue weighted by Gasteiger charge is -2.31. The predicted molar refractivity (Wildman–Crippen MR) is 258 cm³/mol. The third-order valence-electron chi connectivity index (χ3n) is 12.7. The number of aryl methyl sites for hydroxylation is 4. The fraction of sp³-hybridized carbons (Fsp3) is 0.491. The molecule has 0 atom stereocenters. The molecule has 1 fully saturated rings. The Bertz CT molecular complexity index is 2690. The van der Waals surface area contributed by atoms with Crippen molar-refractivity contribution < 1.29 is 64.2 Å². The van der Waals surface area contributed by atoms with E-state index in [0.717, 1.165) is 108 Å². The Morgan fingerprint density at radius 1 is 0.676 bits per heavy atom. The van der Waals surface area contributed by atoms with Gasteiger partial charge in [-0.05, 0) is 129 Å². The molecule has 0 radical (unpaired) electrons. The summed E-state index contributed by atoms with van der Waals surface area (Å²) in [6.07, 6.45) is 1.45. The molecule has 0 bridgehead atoms. The van der Waals surface area contributed by atoms with Gasteiger partial charge in [0.05, 0.1) is 43.3 Å². The van der Waals surface area contributed by atoms with Gasteiger partial charge in [0.2, 0.25) is 0 Å². The Morgan fingerprint density at radius 3 is 1.61 bits per heavy atom. The first-order valence-electron chi connectivity index (χ1n) is 24.5. The number of anilines is 2. The highest BCUT2D eigenvalue weighted by Crippen LogP contribution is 2.40. The molecule has 12 nitrogen and oxygen atoms in total. The highest BCUT2D eigenvalue weighted by molar-refractivity contribution is 5.90. The summed E-state index contributed by atoms with van der Waals surface area (Å²) in [7, 11) is 1.37. The van der Waals surface area contributed by atoms with Crippen molar-refractivity contribution in [3.05, 3.63) is 105 Å². The summed E-state index contributed by atoms with van der Waals surface area (Å²) >= 11 is 0. The summed E-state index contributed by atoms with van der Waals surface area (Å²) in [5.74, 6) is 0.735. The molecule has 0 spiro atoms. The van der Waals surface area contributed by atoms with Crippen molar-refractivity contribution in [1.82, 2.24) is 10.3 Å². The molecule has 9 rings (SSSR count). The van der Waals surface area contributed by atoms with Crippen LogP contribution >= 0.6 is 0 Å². The third-order valence-corrected chi connectivity index (χ3v) is 12.7. The Morgan fingerprint density at radius 2 is 1.17 bits per heavy atom. The lowest BCUT2D eigenvalue weighted by Crippen LogP contribution is -2.31. The second kappa shape index (κ2) is 24.4. The van der Waals surface area contributed by atoms with Gasteiger partial charge in [0.15, 0.2) is 22.6 Å². The summed E-state index contributed by atoms with van der Waals surface area (Å²) in [5, 5.41) is 15.8. The monoisotopic (exact) mass is 996 g/mol.